The molecule has 14 heavy (non-hydrogen) atoms. The zero-order valence-electron chi connectivity index (χ0n) is 8.91. The molecule has 0 aromatic rings. The van der Waals surface area contributed by atoms with Gasteiger partial charge in [-0.15, -0.1) is 0 Å². The highest BCUT2D eigenvalue weighted by Crippen LogP contribution is 2.28. The minimum atomic E-state index is -2.62. The number of rotatable bonds is 1. The van der Waals surface area contributed by atoms with Crippen LogP contribution in [0.2, 0.25) is 0 Å². The van der Waals surface area contributed by atoms with Gasteiger partial charge in [-0.05, 0) is 20.8 Å². The molecule has 1 saturated heterocycles. The molecule has 0 aromatic carbocycles. The maximum Gasteiger partial charge on any atom is 0.112 e. The molecule has 1 heterocycles. The summed E-state index contributed by atoms with van der Waals surface area (Å²) >= 11 is 0. The van der Waals surface area contributed by atoms with E-state index in [0.717, 1.165) is 24.6 Å². The summed E-state index contributed by atoms with van der Waals surface area (Å²) in [6.45, 7) is 7.20. The molecular formula is C8H18N2OS3. The lowest BCUT2D eigenvalue weighted by Crippen LogP contribution is -2.43. The fraction of sp³-hybridized carbons (Fsp3) is 1.00. The fourth-order valence-electron chi connectivity index (χ4n) is 1.15. The second-order valence-electron chi connectivity index (χ2n) is 4.21. The van der Waals surface area contributed by atoms with Gasteiger partial charge in [0.05, 0.1) is 4.75 Å². The molecule has 0 spiro atoms. The van der Waals surface area contributed by atoms with Gasteiger partial charge in [0, 0.05) is 24.6 Å². The van der Waals surface area contributed by atoms with Gasteiger partial charge >= 0.3 is 0 Å². The van der Waals surface area contributed by atoms with E-state index in [4.69, 9.17) is 4.78 Å². The molecule has 1 rings (SSSR count). The third-order valence-corrected chi connectivity index (χ3v) is 7.24. The Balaban J connectivity index is 2.81. The Labute approximate surface area is 94.9 Å². The smallest absolute Gasteiger partial charge is 0.112 e. The molecule has 1 atom stereocenters. The summed E-state index contributed by atoms with van der Waals surface area (Å²) in [5, 5.41) is 0. The first-order valence-corrected chi connectivity index (χ1v) is 8.64. The molecule has 6 heteroatoms. The lowest BCUT2D eigenvalue weighted by atomic mass is 10.3. The number of hydrogen-bond donors (Lipinski definition) is 1. The van der Waals surface area contributed by atoms with Gasteiger partial charge in [-0.3, -0.25) is 0 Å². The van der Waals surface area contributed by atoms with Crippen LogP contribution in [-0.4, -0.2) is 37.9 Å². The predicted octanol–water partition coefficient (Wildman–Crippen LogP) is 2.44. The summed E-state index contributed by atoms with van der Waals surface area (Å²) in [7, 11) is 1.01. The Morgan fingerprint density at radius 3 is 2.00 bits per heavy atom. The number of hydrogen-bond acceptors (Lipinski definition) is 4. The van der Waals surface area contributed by atoms with E-state index in [0.29, 0.717) is 0 Å². The van der Waals surface area contributed by atoms with Gasteiger partial charge < -0.3 is 0 Å². The molecule has 1 fully saturated rings. The molecule has 84 valence electrons. The van der Waals surface area contributed by atoms with E-state index in [2.05, 4.69) is 0 Å². The van der Waals surface area contributed by atoms with Crippen molar-refractivity contribution in [2.45, 2.75) is 25.5 Å². The number of nitrogens with zero attached hydrogens (tertiary/aromatic N) is 1. The lowest BCUT2D eigenvalue weighted by molar-refractivity contribution is 0.468. The zero-order chi connectivity index (χ0) is 10.8. The summed E-state index contributed by atoms with van der Waals surface area (Å²) in [5.74, 6) is 1.94. The van der Waals surface area contributed by atoms with Gasteiger partial charge in [0.2, 0.25) is 0 Å². The molecule has 0 aromatic heterocycles. The van der Waals surface area contributed by atoms with Crippen LogP contribution in [0, 0.1) is 4.78 Å². The minimum Gasteiger partial charge on any atom is -0.240 e. The highest BCUT2D eigenvalue weighted by molar-refractivity contribution is 8.76. The van der Waals surface area contributed by atoms with Gasteiger partial charge in [0.1, 0.15) is 9.92 Å². The summed E-state index contributed by atoms with van der Waals surface area (Å²) in [6.07, 6.45) is 0. The van der Waals surface area contributed by atoms with Gasteiger partial charge in [-0.2, -0.15) is 0 Å². The van der Waals surface area contributed by atoms with Crippen molar-refractivity contribution in [3.8, 4) is 0 Å². The fourth-order valence-corrected chi connectivity index (χ4v) is 4.83. The van der Waals surface area contributed by atoms with Gasteiger partial charge in [0.25, 0.3) is 0 Å². The third kappa shape index (κ3) is 2.81. The quantitative estimate of drug-likeness (QED) is 0.731. The van der Waals surface area contributed by atoms with E-state index < -0.39 is 14.7 Å². The lowest BCUT2D eigenvalue weighted by Gasteiger charge is -2.31. The molecule has 1 N–H and O–H groups in total. The van der Waals surface area contributed by atoms with Crippen LogP contribution in [0.15, 0.2) is 0 Å². The van der Waals surface area contributed by atoms with Crippen molar-refractivity contribution in [1.82, 2.24) is 4.31 Å². The Bertz CT molecular complexity index is 273. The van der Waals surface area contributed by atoms with Crippen molar-refractivity contribution in [2.75, 3.05) is 24.6 Å². The van der Waals surface area contributed by atoms with Crippen molar-refractivity contribution in [2.24, 2.45) is 0 Å². The molecule has 0 bridgehead atoms. The van der Waals surface area contributed by atoms with Crippen LogP contribution in [0.1, 0.15) is 20.8 Å². The molecule has 1 unspecified atom stereocenters. The molecule has 0 amide bonds. The van der Waals surface area contributed by atoms with Crippen molar-refractivity contribution in [3.05, 3.63) is 0 Å². The van der Waals surface area contributed by atoms with Crippen molar-refractivity contribution < 1.29 is 4.21 Å². The summed E-state index contributed by atoms with van der Waals surface area (Å²) in [4.78, 5) is 0. The van der Waals surface area contributed by atoms with Crippen LogP contribution >= 0.6 is 21.6 Å². The van der Waals surface area contributed by atoms with Crippen LogP contribution in [0.25, 0.3) is 0 Å². The molecule has 0 aliphatic carbocycles. The van der Waals surface area contributed by atoms with Crippen LogP contribution in [-0.2, 0) is 9.92 Å². The Hall–Kier alpha value is 0.610. The Morgan fingerprint density at radius 1 is 1.21 bits per heavy atom. The first-order chi connectivity index (χ1) is 6.36. The predicted molar refractivity (Wildman–Crippen MR) is 67.1 cm³/mol. The second-order valence-corrected chi connectivity index (χ2v) is 9.71. The van der Waals surface area contributed by atoms with Crippen molar-refractivity contribution in [1.29, 1.82) is 4.78 Å². The molecule has 1 aliphatic rings. The Kier molecular flexibility index (Phi) is 4.20. The SMILES string of the molecule is CC(C)(C)S(=N)(=O)N1CCSSCC1. The third-order valence-electron chi connectivity index (χ3n) is 2.13. The van der Waals surface area contributed by atoms with E-state index >= 15 is 0 Å². The van der Waals surface area contributed by atoms with E-state index in [1.165, 1.54) is 0 Å². The molecule has 0 saturated carbocycles. The van der Waals surface area contributed by atoms with Crippen LogP contribution in [0.3, 0.4) is 0 Å². The first kappa shape index (κ1) is 12.7. The Morgan fingerprint density at radius 2 is 1.64 bits per heavy atom. The highest BCUT2D eigenvalue weighted by Gasteiger charge is 2.31. The molecule has 3 nitrogen and oxygen atoms in total. The first-order valence-electron chi connectivity index (χ1n) is 4.63. The van der Waals surface area contributed by atoms with Crippen LogP contribution in [0.5, 0.6) is 0 Å². The van der Waals surface area contributed by atoms with Gasteiger partial charge in [-0.25, -0.2) is 13.3 Å². The van der Waals surface area contributed by atoms with Gasteiger partial charge in [-0.1, -0.05) is 21.6 Å². The summed E-state index contributed by atoms with van der Waals surface area (Å²) in [6, 6.07) is 0. The normalized spacial score (nSPS) is 25.4. The van der Waals surface area contributed by atoms with Crippen molar-refractivity contribution in [3.63, 3.8) is 0 Å². The largest absolute Gasteiger partial charge is 0.240 e. The molecular weight excluding hydrogens is 236 g/mol. The van der Waals surface area contributed by atoms with Crippen LogP contribution < -0.4 is 0 Å². The van der Waals surface area contributed by atoms with Gasteiger partial charge in [0.15, 0.2) is 0 Å². The molecule has 1 aliphatic heterocycles. The summed E-state index contributed by atoms with van der Waals surface area (Å²) in [5.41, 5.74) is 0. The number of nitrogens with one attached hydrogen (secondary N) is 1. The zero-order valence-corrected chi connectivity index (χ0v) is 11.4. The minimum absolute atomic E-state index is 0.452. The topological polar surface area (TPSA) is 44.2 Å². The molecule has 0 radical (unpaired) electrons. The van der Waals surface area contributed by atoms with E-state index in [-0.39, 0.29) is 0 Å². The van der Waals surface area contributed by atoms with Crippen molar-refractivity contribution >= 4 is 31.5 Å². The maximum atomic E-state index is 12.3. The summed E-state index contributed by atoms with van der Waals surface area (Å²) < 4.78 is 21.7. The standard InChI is InChI=1S/C8H18N2OS3/c1-8(2,3)14(9,11)10-4-6-12-13-7-5-10/h9H,4-7H2,1-3H3. The maximum absolute atomic E-state index is 12.3. The average Bonchev–Trinajstić information content (AvgIpc) is 2.29. The van der Waals surface area contributed by atoms with E-state index in [1.54, 1.807) is 0 Å². The average molecular weight is 254 g/mol. The van der Waals surface area contributed by atoms with Crippen LogP contribution in [0.4, 0.5) is 0 Å². The monoisotopic (exact) mass is 254 g/mol. The highest BCUT2D eigenvalue weighted by atomic mass is 33.1. The van der Waals surface area contributed by atoms with E-state index in [9.17, 15) is 4.21 Å². The second kappa shape index (κ2) is 4.63. The van der Waals surface area contributed by atoms with E-state index in [1.807, 2.05) is 46.7 Å².